The van der Waals surface area contributed by atoms with Crippen molar-refractivity contribution in [2.24, 2.45) is 5.92 Å². The smallest absolute Gasteiger partial charge is 0.0212 e. The fourth-order valence-corrected chi connectivity index (χ4v) is 4.23. The van der Waals surface area contributed by atoms with Crippen LogP contribution in [0, 0.1) is 5.92 Å². The maximum atomic E-state index is 3.95. The molecule has 0 aromatic carbocycles. The number of likely N-dealkylation sites (tertiary alicyclic amines) is 1. The van der Waals surface area contributed by atoms with Crippen molar-refractivity contribution in [2.45, 2.75) is 89.4 Å². The molecule has 0 aromatic rings. The summed E-state index contributed by atoms with van der Waals surface area (Å²) in [4.78, 5) is 2.76. The minimum Gasteiger partial charge on any atom is -0.310 e. The van der Waals surface area contributed by atoms with Crippen LogP contribution in [0.5, 0.6) is 0 Å². The minimum atomic E-state index is 0.738. The Kier molecular flexibility index (Phi) is 3.95. The van der Waals surface area contributed by atoms with Gasteiger partial charge < -0.3 is 5.32 Å². The number of hydrogen-bond acceptors (Lipinski definition) is 2. The van der Waals surface area contributed by atoms with E-state index in [1.165, 1.54) is 57.9 Å². The van der Waals surface area contributed by atoms with E-state index in [2.05, 4.69) is 24.1 Å². The van der Waals surface area contributed by atoms with Gasteiger partial charge in [-0.05, 0) is 51.9 Å². The quantitative estimate of drug-likeness (QED) is 0.824. The molecule has 1 aliphatic heterocycles. The first-order valence-electron chi connectivity index (χ1n) is 8.26. The zero-order valence-electron chi connectivity index (χ0n) is 12.2. The van der Waals surface area contributed by atoms with Crippen LogP contribution in [-0.4, -0.2) is 35.6 Å². The molecule has 18 heavy (non-hydrogen) atoms. The fourth-order valence-electron chi connectivity index (χ4n) is 4.23. The van der Waals surface area contributed by atoms with E-state index in [4.69, 9.17) is 0 Å². The van der Waals surface area contributed by atoms with Crippen LogP contribution in [0.25, 0.3) is 0 Å². The van der Waals surface area contributed by atoms with Crippen LogP contribution in [0.4, 0.5) is 0 Å². The highest BCUT2D eigenvalue weighted by Gasteiger charge is 2.39. The van der Waals surface area contributed by atoms with Gasteiger partial charge in [-0.15, -0.1) is 0 Å². The van der Waals surface area contributed by atoms with Crippen molar-refractivity contribution in [2.75, 3.05) is 6.54 Å². The molecular weight excluding hydrogens is 220 g/mol. The summed E-state index contributed by atoms with van der Waals surface area (Å²) >= 11 is 0. The second-order valence-corrected chi connectivity index (χ2v) is 7.06. The zero-order chi connectivity index (χ0) is 12.5. The predicted molar refractivity (Wildman–Crippen MR) is 76.8 cm³/mol. The molecule has 3 fully saturated rings. The van der Waals surface area contributed by atoms with Crippen molar-refractivity contribution in [1.82, 2.24) is 10.2 Å². The van der Waals surface area contributed by atoms with E-state index in [1.807, 2.05) is 0 Å². The highest BCUT2D eigenvalue weighted by Crippen LogP contribution is 2.34. The van der Waals surface area contributed by atoms with Gasteiger partial charge in [-0.3, -0.25) is 4.90 Å². The van der Waals surface area contributed by atoms with Gasteiger partial charge in [0.05, 0.1) is 0 Å². The molecule has 0 amide bonds. The van der Waals surface area contributed by atoms with E-state index in [0.29, 0.717) is 0 Å². The van der Waals surface area contributed by atoms with Gasteiger partial charge in [0.15, 0.2) is 0 Å². The van der Waals surface area contributed by atoms with E-state index in [-0.39, 0.29) is 0 Å². The molecule has 0 bridgehead atoms. The standard InChI is InChI=1S/C16H30N2/c1-12-10-15(11-18(12)16-8-9-16)17-13(2)14-6-4-3-5-7-14/h12-17H,3-11H2,1-2H3/t12?,13-,15?/m0/s1. The average Bonchev–Trinajstić information content (AvgIpc) is 3.15. The van der Waals surface area contributed by atoms with Crippen molar-refractivity contribution < 1.29 is 0 Å². The third-order valence-electron chi connectivity index (χ3n) is 5.49. The van der Waals surface area contributed by atoms with E-state index < -0.39 is 0 Å². The maximum Gasteiger partial charge on any atom is 0.0212 e. The molecule has 2 aliphatic carbocycles. The largest absolute Gasteiger partial charge is 0.310 e. The monoisotopic (exact) mass is 250 g/mol. The molecule has 2 nitrogen and oxygen atoms in total. The molecule has 0 spiro atoms. The van der Waals surface area contributed by atoms with Gasteiger partial charge in [0.25, 0.3) is 0 Å². The molecule has 3 aliphatic rings. The summed E-state index contributed by atoms with van der Waals surface area (Å²) in [6.45, 7) is 6.16. The normalized spacial score (nSPS) is 37.0. The fraction of sp³-hybridized carbons (Fsp3) is 1.00. The van der Waals surface area contributed by atoms with Crippen LogP contribution in [0.15, 0.2) is 0 Å². The summed E-state index contributed by atoms with van der Waals surface area (Å²) in [7, 11) is 0. The summed E-state index contributed by atoms with van der Waals surface area (Å²) in [5, 5.41) is 3.95. The van der Waals surface area contributed by atoms with Gasteiger partial charge in [-0.1, -0.05) is 19.3 Å². The van der Waals surface area contributed by atoms with Crippen LogP contribution in [-0.2, 0) is 0 Å². The van der Waals surface area contributed by atoms with Gasteiger partial charge in [-0.25, -0.2) is 0 Å². The first kappa shape index (κ1) is 12.9. The summed E-state index contributed by atoms with van der Waals surface area (Å²) in [5.74, 6) is 0.948. The lowest BCUT2D eigenvalue weighted by atomic mass is 9.84. The molecular formula is C16H30N2. The average molecular weight is 250 g/mol. The van der Waals surface area contributed by atoms with Gasteiger partial charge in [0.2, 0.25) is 0 Å². The number of nitrogens with one attached hydrogen (secondary N) is 1. The Morgan fingerprint density at radius 2 is 1.78 bits per heavy atom. The maximum absolute atomic E-state index is 3.95. The van der Waals surface area contributed by atoms with E-state index in [1.54, 1.807) is 0 Å². The summed E-state index contributed by atoms with van der Waals surface area (Å²) in [5.41, 5.74) is 0. The minimum absolute atomic E-state index is 0.738. The zero-order valence-corrected chi connectivity index (χ0v) is 12.2. The topological polar surface area (TPSA) is 15.3 Å². The molecule has 2 heteroatoms. The van der Waals surface area contributed by atoms with Gasteiger partial charge in [0.1, 0.15) is 0 Å². The first-order valence-corrected chi connectivity index (χ1v) is 8.26. The van der Waals surface area contributed by atoms with Gasteiger partial charge >= 0.3 is 0 Å². The second-order valence-electron chi connectivity index (χ2n) is 7.06. The van der Waals surface area contributed by atoms with E-state index in [9.17, 15) is 0 Å². The van der Waals surface area contributed by atoms with E-state index >= 15 is 0 Å². The SMILES string of the molecule is CC1CC(N[C@@H](C)C2CCCCC2)CN1C1CC1. The Labute approximate surface area is 113 Å². The molecule has 1 saturated heterocycles. The Hall–Kier alpha value is -0.0800. The molecule has 1 heterocycles. The van der Waals surface area contributed by atoms with Crippen molar-refractivity contribution in [1.29, 1.82) is 0 Å². The third kappa shape index (κ3) is 2.91. The summed E-state index contributed by atoms with van der Waals surface area (Å²) in [6, 6.07) is 3.25. The molecule has 2 unspecified atom stereocenters. The van der Waals surface area contributed by atoms with E-state index in [0.717, 1.165) is 30.1 Å². The van der Waals surface area contributed by atoms with Crippen molar-refractivity contribution in [3.05, 3.63) is 0 Å². The number of nitrogens with zero attached hydrogens (tertiary/aromatic N) is 1. The highest BCUT2D eigenvalue weighted by atomic mass is 15.3. The lowest BCUT2D eigenvalue weighted by molar-refractivity contribution is 0.243. The summed E-state index contributed by atoms with van der Waals surface area (Å²) in [6.07, 6.45) is 11.6. The van der Waals surface area contributed by atoms with Crippen molar-refractivity contribution in [3.8, 4) is 0 Å². The molecule has 2 saturated carbocycles. The Morgan fingerprint density at radius 1 is 1.06 bits per heavy atom. The Bertz CT molecular complexity index is 268. The highest BCUT2D eigenvalue weighted by molar-refractivity contribution is 4.96. The number of rotatable bonds is 4. The van der Waals surface area contributed by atoms with Crippen LogP contribution >= 0.6 is 0 Å². The second kappa shape index (κ2) is 5.50. The molecule has 1 N–H and O–H groups in total. The predicted octanol–water partition coefficient (Wildman–Crippen LogP) is 3.17. The molecule has 0 radical (unpaired) electrons. The Morgan fingerprint density at radius 3 is 2.44 bits per heavy atom. The van der Waals surface area contributed by atoms with Crippen LogP contribution in [0.3, 0.4) is 0 Å². The Balaban J connectivity index is 1.47. The molecule has 3 rings (SSSR count). The first-order chi connectivity index (χ1) is 8.74. The molecule has 3 atom stereocenters. The summed E-state index contributed by atoms with van der Waals surface area (Å²) < 4.78 is 0. The van der Waals surface area contributed by atoms with Gasteiger partial charge in [0, 0.05) is 30.7 Å². The van der Waals surface area contributed by atoms with Crippen molar-refractivity contribution >= 4 is 0 Å². The lowest BCUT2D eigenvalue weighted by Gasteiger charge is -2.30. The van der Waals surface area contributed by atoms with Crippen LogP contribution in [0.2, 0.25) is 0 Å². The van der Waals surface area contributed by atoms with Crippen molar-refractivity contribution in [3.63, 3.8) is 0 Å². The van der Waals surface area contributed by atoms with Crippen LogP contribution < -0.4 is 5.32 Å². The van der Waals surface area contributed by atoms with Crippen LogP contribution in [0.1, 0.15) is 65.2 Å². The lowest BCUT2D eigenvalue weighted by Crippen LogP contribution is -2.43. The third-order valence-corrected chi connectivity index (χ3v) is 5.49. The number of hydrogen-bond donors (Lipinski definition) is 1. The molecule has 104 valence electrons. The molecule has 0 aromatic heterocycles. The van der Waals surface area contributed by atoms with Gasteiger partial charge in [-0.2, -0.15) is 0 Å².